The number of amides is 4. The van der Waals surface area contributed by atoms with Crippen molar-refractivity contribution >= 4 is 23.7 Å². The Kier molecular flexibility index (Phi) is 5.03. The van der Waals surface area contributed by atoms with E-state index in [1.165, 1.54) is 0 Å². The first-order valence-corrected chi connectivity index (χ1v) is 5.81. The van der Waals surface area contributed by atoms with E-state index in [1.807, 2.05) is 12.2 Å². The summed E-state index contributed by atoms with van der Waals surface area (Å²) in [6, 6.07) is -1.22. The Labute approximate surface area is 105 Å². The lowest BCUT2D eigenvalue weighted by atomic mass is 10.1. The van der Waals surface area contributed by atoms with Gasteiger partial charge < -0.3 is 11.1 Å². The minimum absolute atomic E-state index is 0.256. The Morgan fingerprint density at radius 2 is 2.18 bits per heavy atom. The van der Waals surface area contributed by atoms with Crippen molar-refractivity contribution in [3.8, 4) is 0 Å². The van der Waals surface area contributed by atoms with Gasteiger partial charge in [0.25, 0.3) is 0 Å². The fourth-order valence-corrected chi connectivity index (χ4v) is 1.64. The molecule has 1 rings (SSSR count). The molecular weight excluding hydrogens is 242 g/mol. The van der Waals surface area contributed by atoms with Gasteiger partial charge in [-0.05, 0) is 25.8 Å². The predicted molar refractivity (Wildman–Crippen MR) is 66.6 cm³/mol. The summed E-state index contributed by atoms with van der Waals surface area (Å²) in [5.41, 5.74) is 6.13. The molecule has 1 aliphatic carbocycles. The van der Waals surface area contributed by atoms with Gasteiger partial charge in [-0.3, -0.25) is 0 Å². The molecule has 4 amide bonds. The monoisotopic (exact) mass is 257 g/mol. The number of imide groups is 1. The average molecular weight is 258 g/mol. The number of allylic oxidation sites excluding steroid dienone is 3. The lowest BCUT2D eigenvalue weighted by molar-refractivity contribution is 0.194. The maximum Gasteiger partial charge on any atom is 0.325 e. The number of rotatable bonds is 3. The van der Waals surface area contributed by atoms with E-state index in [2.05, 4.69) is 5.32 Å². The largest absolute Gasteiger partial charge is 0.351 e. The van der Waals surface area contributed by atoms with Crippen molar-refractivity contribution in [1.29, 1.82) is 0 Å². The number of primary amides is 1. The highest BCUT2D eigenvalue weighted by atomic mass is 35.5. The van der Waals surface area contributed by atoms with Crippen LogP contribution in [0.2, 0.25) is 0 Å². The van der Waals surface area contributed by atoms with Gasteiger partial charge in [0.15, 0.2) is 0 Å². The summed E-state index contributed by atoms with van der Waals surface area (Å²) in [5.74, 6) is 0. The van der Waals surface area contributed by atoms with Gasteiger partial charge in [-0.2, -0.15) is 0 Å². The number of halogens is 1. The molecule has 0 aromatic rings. The molecule has 0 radical (unpaired) electrons. The third-order valence-electron chi connectivity index (χ3n) is 2.48. The zero-order valence-corrected chi connectivity index (χ0v) is 10.5. The predicted octanol–water partition coefficient (Wildman–Crippen LogP) is 1.94. The number of hydrogen-bond acceptors (Lipinski definition) is 2. The number of hydrogen-bond donors (Lipinski definition) is 2. The van der Waals surface area contributed by atoms with Gasteiger partial charge in [0.2, 0.25) is 0 Å². The van der Waals surface area contributed by atoms with Gasteiger partial charge in [0, 0.05) is 18.1 Å². The van der Waals surface area contributed by atoms with E-state index in [4.69, 9.17) is 17.3 Å². The Balaban J connectivity index is 2.46. The molecule has 0 saturated heterocycles. The molecule has 0 aromatic carbocycles. The minimum Gasteiger partial charge on any atom is -0.351 e. The molecular formula is C11H16ClN3O2. The van der Waals surface area contributed by atoms with Crippen LogP contribution in [0.15, 0.2) is 22.8 Å². The van der Waals surface area contributed by atoms with Crippen LogP contribution >= 0.6 is 11.6 Å². The Morgan fingerprint density at radius 1 is 1.47 bits per heavy atom. The smallest absolute Gasteiger partial charge is 0.325 e. The Bertz CT molecular complexity index is 377. The van der Waals surface area contributed by atoms with Crippen LogP contribution in [0, 0.1) is 0 Å². The van der Waals surface area contributed by atoms with Crippen molar-refractivity contribution in [3.05, 3.63) is 22.8 Å². The van der Waals surface area contributed by atoms with Crippen LogP contribution in [0.5, 0.6) is 0 Å². The highest BCUT2D eigenvalue weighted by Crippen LogP contribution is 2.20. The van der Waals surface area contributed by atoms with Crippen LogP contribution in [0.4, 0.5) is 9.59 Å². The zero-order chi connectivity index (χ0) is 12.8. The van der Waals surface area contributed by atoms with Crippen molar-refractivity contribution in [1.82, 2.24) is 10.2 Å². The fourth-order valence-electron chi connectivity index (χ4n) is 1.49. The maximum absolute atomic E-state index is 11.6. The summed E-state index contributed by atoms with van der Waals surface area (Å²) in [6.45, 7) is 2.35. The van der Waals surface area contributed by atoms with Crippen molar-refractivity contribution in [2.24, 2.45) is 5.73 Å². The third-order valence-corrected chi connectivity index (χ3v) is 2.79. The molecule has 0 saturated carbocycles. The molecule has 0 heterocycles. The van der Waals surface area contributed by atoms with E-state index in [-0.39, 0.29) is 6.54 Å². The van der Waals surface area contributed by atoms with E-state index in [0.29, 0.717) is 6.54 Å². The van der Waals surface area contributed by atoms with Crippen LogP contribution in [0.25, 0.3) is 0 Å². The SMILES string of the molecule is CCN(C(N)=O)C(=O)NCC1=CC=C(Cl)CC1. The van der Waals surface area contributed by atoms with Crippen molar-refractivity contribution in [3.63, 3.8) is 0 Å². The van der Waals surface area contributed by atoms with Gasteiger partial charge in [0.1, 0.15) is 0 Å². The van der Waals surface area contributed by atoms with Gasteiger partial charge in [-0.25, -0.2) is 14.5 Å². The van der Waals surface area contributed by atoms with Crippen LogP contribution < -0.4 is 11.1 Å². The summed E-state index contributed by atoms with van der Waals surface area (Å²) in [7, 11) is 0. The third kappa shape index (κ3) is 4.11. The number of nitrogens with two attached hydrogens (primary N) is 1. The van der Waals surface area contributed by atoms with E-state index in [1.54, 1.807) is 6.92 Å². The number of carbonyl (C=O) groups is 2. The first-order chi connectivity index (χ1) is 8.04. The highest BCUT2D eigenvalue weighted by Gasteiger charge is 2.16. The quantitative estimate of drug-likeness (QED) is 0.811. The molecule has 0 unspecified atom stereocenters. The average Bonchev–Trinajstić information content (AvgIpc) is 2.28. The first-order valence-electron chi connectivity index (χ1n) is 5.43. The van der Waals surface area contributed by atoms with Crippen molar-refractivity contribution < 1.29 is 9.59 Å². The molecule has 94 valence electrons. The standard InChI is InChI=1S/C11H16ClN3O2/c1-2-15(10(13)16)11(17)14-7-8-3-5-9(12)6-4-8/h3,5H,2,4,6-7H2,1H3,(H2,13,16)(H,14,17). The zero-order valence-electron chi connectivity index (χ0n) is 9.70. The molecule has 0 atom stereocenters. The summed E-state index contributed by atoms with van der Waals surface area (Å²) in [6.07, 6.45) is 5.31. The summed E-state index contributed by atoms with van der Waals surface area (Å²) < 4.78 is 0. The van der Waals surface area contributed by atoms with Crippen molar-refractivity contribution in [2.75, 3.05) is 13.1 Å². The molecule has 0 bridgehead atoms. The van der Waals surface area contributed by atoms with Gasteiger partial charge in [-0.15, -0.1) is 0 Å². The van der Waals surface area contributed by atoms with Crippen LogP contribution in [0.3, 0.4) is 0 Å². The molecule has 0 spiro atoms. The van der Waals surface area contributed by atoms with Gasteiger partial charge in [-0.1, -0.05) is 23.3 Å². The molecule has 6 heteroatoms. The number of nitrogens with zero attached hydrogens (tertiary/aromatic N) is 1. The topological polar surface area (TPSA) is 75.4 Å². The number of nitrogens with one attached hydrogen (secondary N) is 1. The normalized spacial score (nSPS) is 14.7. The Morgan fingerprint density at radius 3 is 2.65 bits per heavy atom. The summed E-state index contributed by atoms with van der Waals surface area (Å²) in [4.78, 5) is 23.4. The first kappa shape index (κ1) is 13.6. The number of urea groups is 2. The summed E-state index contributed by atoms with van der Waals surface area (Å²) >= 11 is 5.82. The summed E-state index contributed by atoms with van der Waals surface area (Å²) in [5, 5.41) is 3.46. The van der Waals surface area contributed by atoms with Crippen molar-refractivity contribution in [2.45, 2.75) is 19.8 Å². The number of carbonyl (C=O) groups excluding carboxylic acids is 2. The minimum atomic E-state index is -0.745. The molecule has 0 aromatic heterocycles. The molecule has 17 heavy (non-hydrogen) atoms. The molecule has 3 N–H and O–H groups in total. The lowest BCUT2D eigenvalue weighted by Crippen LogP contribution is -2.46. The van der Waals surface area contributed by atoms with E-state index in [9.17, 15) is 9.59 Å². The molecule has 0 fully saturated rings. The van der Waals surface area contributed by atoms with Gasteiger partial charge in [0.05, 0.1) is 0 Å². The second kappa shape index (κ2) is 6.30. The second-order valence-electron chi connectivity index (χ2n) is 3.68. The molecule has 0 aliphatic heterocycles. The fraction of sp³-hybridized carbons (Fsp3) is 0.455. The van der Waals surface area contributed by atoms with Crippen LogP contribution in [-0.2, 0) is 0 Å². The Hall–Kier alpha value is -1.49. The van der Waals surface area contributed by atoms with Crippen LogP contribution in [-0.4, -0.2) is 30.1 Å². The lowest BCUT2D eigenvalue weighted by Gasteiger charge is -2.18. The molecule has 5 nitrogen and oxygen atoms in total. The second-order valence-corrected chi connectivity index (χ2v) is 4.17. The van der Waals surface area contributed by atoms with E-state index in [0.717, 1.165) is 28.3 Å². The highest BCUT2D eigenvalue weighted by molar-refractivity contribution is 6.29. The van der Waals surface area contributed by atoms with Crippen LogP contribution in [0.1, 0.15) is 19.8 Å². The van der Waals surface area contributed by atoms with E-state index >= 15 is 0 Å². The van der Waals surface area contributed by atoms with Gasteiger partial charge >= 0.3 is 12.1 Å². The van der Waals surface area contributed by atoms with E-state index < -0.39 is 12.1 Å². The molecule has 1 aliphatic rings. The maximum atomic E-state index is 11.6.